The standard InChI is InChI=1S/C17H17NO2/c1-20-13-8-6-12(7-9-13)16(11-19)15-10-18-17-5-3-2-4-14(15)17/h2-10,16,18-19H,11H2,1H3. The third-order valence-electron chi connectivity index (χ3n) is 3.70. The van der Waals surface area contributed by atoms with E-state index in [0.717, 1.165) is 27.8 Å². The zero-order valence-corrected chi connectivity index (χ0v) is 11.3. The number of nitrogens with one attached hydrogen (secondary N) is 1. The molecule has 0 radical (unpaired) electrons. The summed E-state index contributed by atoms with van der Waals surface area (Å²) >= 11 is 0. The Labute approximate surface area is 117 Å². The Kier molecular flexibility index (Phi) is 3.44. The lowest BCUT2D eigenvalue weighted by atomic mass is 9.92. The van der Waals surface area contributed by atoms with Gasteiger partial charge in [-0.1, -0.05) is 30.3 Å². The number of aliphatic hydroxyl groups excluding tert-OH is 1. The number of hydrogen-bond acceptors (Lipinski definition) is 2. The predicted octanol–water partition coefficient (Wildman–Crippen LogP) is 3.30. The number of aliphatic hydroxyl groups is 1. The topological polar surface area (TPSA) is 45.2 Å². The summed E-state index contributed by atoms with van der Waals surface area (Å²) in [5.74, 6) is 0.793. The highest BCUT2D eigenvalue weighted by Gasteiger charge is 2.17. The summed E-state index contributed by atoms with van der Waals surface area (Å²) in [6.45, 7) is 0.0776. The maximum absolute atomic E-state index is 9.79. The second-order valence-corrected chi connectivity index (χ2v) is 4.80. The first kappa shape index (κ1) is 12.8. The second kappa shape index (κ2) is 5.39. The predicted molar refractivity (Wildman–Crippen MR) is 80.2 cm³/mol. The molecule has 0 fully saturated rings. The fourth-order valence-corrected chi connectivity index (χ4v) is 2.60. The van der Waals surface area contributed by atoms with Crippen LogP contribution in [0.2, 0.25) is 0 Å². The van der Waals surface area contributed by atoms with E-state index in [1.807, 2.05) is 48.7 Å². The molecule has 0 bridgehead atoms. The zero-order valence-electron chi connectivity index (χ0n) is 11.3. The van der Waals surface area contributed by atoms with E-state index in [4.69, 9.17) is 4.74 Å². The minimum absolute atomic E-state index is 0.0305. The highest BCUT2D eigenvalue weighted by Crippen LogP contribution is 2.31. The van der Waals surface area contributed by atoms with E-state index in [1.165, 1.54) is 0 Å². The van der Waals surface area contributed by atoms with Crippen LogP contribution in [0.25, 0.3) is 10.9 Å². The van der Waals surface area contributed by atoms with Gasteiger partial charge in [-0.15, -0.1) is 0 Å². The summed E-state index contributed by atoms with van der Waals surface area (Å²) in [5.41, 5.74) is 3.29. The lowest BCUT2D eigenvalue weighted by Crippen LogP contribution is -2.05. The third-order valence-corrected chi connectivity index (χ3v) is 3.70. The summed E-state index contributed by atoms with van der Waals surface area (Å²) in [6.07, 6.45) is 1.98. The Bertz CT molecular complexity index is 700. The molecule has 0 aliphatic carbocycles. The van der Waals surface area contributed by atoms with Crippen LogP contribution in [-0.4, -0.2) is 23.8 Å². The van der Waals surface area contributed by atoms with Crippen LogP contribution >= 0.6 is 0 Å². The Morgan fingerprint density at radius 3 is 2.55 bits per heavy atom. The normalized spacial score (nSPS) is 12.5. The van der Waals surface area contributed by atoms with Crippen LogP contribution in [0.4, 0.5) is 0 Å². The molecule has 1 heterocycles. The fraction of sp³-hybridized carbons (Fsp3) is 0.176. The monoisotopic (exact) mass is 267 g/mol. The van der Waals surface area contributed by atoms with Crippen molar-refractivity contribution in [3.8, 4) is 5.75 Å². The van der Waals surface area contributed by atoms with E-state index in [-0.39, 0.29) is 12.5 Å². The highest BCUT2D eigenvalue weighted by atomic mass is 16.5. The Morgan fingerprint density at radius 1 is 1.10 bits per heavy atom. The summed E-state index contributed by atoms with van der Waals surface area (Å²) in [5, 5.41) is 10.9. The van der Waals surface area contributed by atoms with Gasteiger partial charge in [-0.3, -0.25) is 0 Å². The zero-order chi connectivity index (χ0) is 13.9. The number of benzene rings is 2. The van der Waals surface area contributed by atoms with Crippen LogP contribution < -0.4 is 4.74 Å². The summed E-state index contributed by atoms with van der Waals surface area (Å²) in [4.78, 5) is 3.26. The van der Waals surface area contributed by atoms with Gasteiger partial charge in [0.15, 0.2) is 0 Å². The van der Waals surface area contributed by atoms with Crippen LogP contribution in [-0.2, 0) is 0 Å². The molecule has 3 aromatic rings. The van der Waals surface area contributed by atoms with E-state index < -0.39 is 0 Å². The number of ether oxygens (including phenoxy) is 1. The van der Waals surface area contributed by atoms with Crippen molar-refractivity contribution < 1.29 is 9.84 Å². The molecule has 0 amide bonds. The molecule has 1 unspecified atom stereocenters. The molecule has 0 aliphatic rings. The van der Waals surface area contributed by atoms with Crippen molar-refractivity contribution in [1.82, 2.24) is 4.98 Å². The first-order chi connectivity index (χ1) is 9.83. The summed E-state index contributed by atoms with van der Waals surface area (Å²) in [7, 11) is 1.65. The van der Waals surface area contributed by atoms with E-state index in [1.54, 1.807) is 7.11 Å². The van der Waals surface area contributed by atoms with E-state index in [2.05, 4.69) is 11.1 Å². The first-order valence-electron chi connectivity index (χ1n) is 6.64. The maximum Gasteiger partial charge on any atom is 0.118 e. The fourth-order valence-electron chi connectivity index (χ4n) is 2.60. The molecule has 2 N–H and O–H groups in total. The molecular formula is C17H17NO2. The average molecular weight is 267 g/mol. The van der Waals surface area contributed by atoms with Crippen LogP contribution in [0, 0.1) is 0 Å². The van der Waals surface area contributed by atoms with Gasteiger partial charge in [-0.05, 0) is 29.3 Å². The van der Waals surface area contributed by atoms with Gasteiger partial charge in [0.1, 0.15) is 5.75 Å². The molecular weight excluding hydrogens is 250 g/mol. The van der Waals surface area contributed by atoms with Crippen molar-refractivity contribution in [1.29, 1.82) is 0 Å². The number of rotatable bonds is 4. The number of H-pyrrole nitrogens is 1. The largest absolute Gasteiger partial charge is 0.497 e. The quantitative estimate of drug-likeness (QED) is 0.761. The van der Waals surface area contributed by atoms with Crippen molar-refractivity contribution >= 4 is 10.9 Å². The Balaban J connectivity index is 2.04. The van der Waals surface area contributed by atoms with Gasteiger partial charge < -0.3 is 14.8 Å². The van der Waals surface area contributed by atoms with E-state index in [0.29, 0.717) is 0 Å². The van der Waals surface area contributed by atoms with E-state index in [9.17, 15) is 5.11 Å². The van der Waals surface area contributed by atoms with Gasteiger partial charge in [0.05, 0.1) is 13.7 Å². The summed E-state index contributed by atoms with van der Waals surface area (Å²) < 4.78 is 5.17. The number of aromatic amines is 1. The van der Waals surface area contributed by atoms with Crippen molar-refractivity contribution in [2.24, 2.45) is 0 Å². The smallest absolute Gasteiger partial charge is 0.118 e. The molecule has 0 saturated carbocycles. The van der Waals surface area contributed by atoms with Crippen LogP contribution in [0.1, 0.15) is 17.0 Å². The van der Waals surface area contributed by atoms with Gasteiger partial charge in [0.2, 0.25) is 0 Å². The molecule has 1 aromatic heterocycles. The highest BCUT2D eigenvalue weighted by molar-refractivity contribution is 5.84. The minimum Gasteiger partial charge on any atom is -0.497 e. The maximum atomic E-state index is 9.79. The molecule has 102 valence electrons. The molecule has 2 aromatic carbocycles. The molecule has 20 heavy (non-hydrogen) atoms. The first-order valence-corrected chi connectivity index (χ1v) is 6.64. The molecule has 1 atom stereocenters. The van der Waals surface area contributed by atoms with Crippen molar-refractivity contribution in [3.63, 3.8) is 0 Å². The molecule has 3 heteroatoms. The Hall–Kier alpha value is -2.26. The molecule has 0 aliphatic heterocycles. The van der Waals surface area contributed by atoms with Gasteiger partial charge in [0, 0.05) is 23.0 Å². The minimum atomic E-state index is -0.0305. The SMILES string of the molecule is COc1ccc(C(CO)c2c[nH]c3ccccc23)cc1. The van der Waals surface area contributed by atoms with Crippen molar-refractivity contribution in [2.45, 2.75) is 5.92 Å². The number of para-hydroxylation sites is 1. The van der Waals surface area contributed by atoms with Crippen LogP contribution in [0.5, 0.6) is 5.75 Å². The van der Waals surface area contributed by atoms with Crippen molar-refractivity contribution in [3.05, 3.63) is 65.9 Å². The molecule has 3 nitrogen and oxygen atoms in total. The van der Waals surface area contributed by atoms with Crippen LogP contribution in [0.15, 0.2) is 54.7 Å². The van der Waals surface area contributed by atoms with Crippen molar-refractivity contribution in [2.75, 3.05) is 13.7 Å². The van der Waals surface area contributed by atoms with Gasteiger partial charge in [0.25, 0.3) is 0 Å². The van der Waals surface area contributed by atoms with Crippen LogP contribution in [0.3, 0.4) is 0 Å². The number of methoxy groups -OCH3 is 1. The third kappa shape index (κ3) is 2.17. The second-order valence-electron chi connectivity index (χ2n) is 4.80. The molecule has 0 saturated heterocycles. The lowest BCUT2D eigenvalue weighted by Gasteiger charge is -2.14. The van der Waals surface area contributed by atoms with Gasteiger partial charge in [-0.2, -0.15) is 0 Å². The Morgan fingerprint density at radius 2 is 1.85 bits per heavy atom. The lowest BCUT2D eigenvalue weighted by molar-refractivity contribution is 0.281. The van der Waals surface area contributed by atoms with Gasteiger partial charge >= 0.3 is 0 Å². The molecule has 0 spiro atoms. The number of hydrogen-bond donors (Lipinski definition) is 2. The summed E-state index contributed by atoms with van der Waals surface area (Å²) in [6, 6.07) is 16.0. The average Bonchev–Trinajstić information content (AvgIpc) is 2.93. The molecule has 3 rings (SSSR count). The number of fused-ring (bicyclic) bond motifs is 1. The number of aromatic nitrogens is 1. The van der Waals surface area contributed by atoms with Gasteiger partial charge in [-0.25, -0.2) is 0 Å². The van der Waals surface area contributed by atoms with E-state index >= 15 is 0 Å².